The summed E-state index contributed by atoms with van der Waals surface area (Å²) in [4.78, 5) is 21.7. The maximum Gasteiger partial charge on any atom is 0.297 e. The minimum atomic E-state index is -4.06. The van der Waals surface area contributed by atoms with Crippen LogP contribution in [0.25, 0.3) is 22.2 Å². The Morgan fingerprint density at radius 2 is 1.93 bits per heavy atom. The first kappa shape index (κ1) is 20.1. The van der Waals surface area contributed by atoms with Gasteiger partial charge in [-0.15, -0.1) is 0 Å². The zero-order valence-corrected chi connectivity index (χ0v) is 17.0. The highest BCUT2D eigenvalue weighted by Crippen LogP contribution is 2.34. The van der Waals surface area contributed by atoms with Gasteiger partial charge in [-0.25, -0.2) is 14.1 Å². The second-order valence-corrected chi connectivity index (χ2v) is 8.58. The lowest BCUT2D eigenvalue weighted by Gasteiger charge is -2.07. The van der Waals surface area contributed by atoms with E-state index in [1.54, 1.807) is 24.3 Å². The minimum Gasteiger partial charge on any atom is -0.353 e. The number of sulfonamides is 1. The molecule has 10 heteroatoms. The van der Waals surface area contributed by atoms with Gasteiger partial charge >= 0.3 is 0 Å². The molecule has 0 aliphatic rings. The fourth-order valence-corrected chi connectivity index (χ4v) is 4.39. The number of imidazole rings is 1. The molecule has 2 heterocycles. The highest BCUT2D eigenvalue weighted by molar-refractivity contribution is 7.89. The molecule has 0 aliphatic carbocycles. The van der Waals surface area contributed by atoms with E-state index < -0.39 is 15.9 Å². The third kappa shape index (κ3) is 3.94. The maximum atomic E-state index is 13.4. The van der Waals surface area contributed by atoms with Crippen LogP contribution >= 0.6 is 11.6 Å². The van der Waals surface area contributed by atoms with Crippen LogP contribution in [0.15, 0.2) is 60.0 Å². The van der Waals surface area contributed by atoms with Crippen molar-refractivity contribution in [2.75, 3.05) is 0 Å². The molecule has 7 nitrogen and oxygen atoms in total. The Morgan fingerprint density at radius 1 is 1.17 bits per heavy atom. The molecule has 0 saturated heterocycles. The fourth-order valence-electron chi connectivity index (χ4n) is 3.25. The van der Waals surface area contributed by atoms with Gasteiger partial charge in [-0.3, -0.25) is 4.79 Å². The average Bonchev–Trinajstić information content (AvgIpc) is 3.36. The van der Waals surface area contributed by atoms with Gasteiger partial charge in [0.15, 0.2) is 0 Å². The van der Waals surface area contributed by atoms with Gasteiger partial charge < -0.3 is 9.97 Å². The van der Waals surface area contributed by atoms with Gasteiger partial charge in [-0.05, 0) is 47.9 Å². The lowest BCUT2D eigenvalue weighted by Crippen LogP contribution is -2.31. The van der Waals surface area contributed by atoms with E-state index in [1.165, 1.54) is 24.5 Å². The number of aryl methyl sites for hydroxylation is 1. The van der Waals surface area contributed by atoms with Crippen molar-refractivity contribution in [2.45, 2.75) is 18.0 Å². The van der Waals surface area contributed by atoms with E-state index in [0.29, 0.717) is 16.2 Å². The van der Waals surface area contributed by atoms with Crippen molar-refractivity contribution in [2.24, 2.45) is 0 Å². The number of carbonyl (C=O) groups is 1. The van der Waals surface area contributed by atoms with Crippen molar-refractivity contribution in [3.05, 3.63) is 71.3 Å². The number of aromatic amines is 2. The third-order valence-electron chi connectivity index (χ3n) is 4.60. The molecule has 0 saturated carbocycles. The lowest BCUT2D eigenvalue weighted by molar-refractivity contribution is -0.119. The molecular weight excluding hydrogens is 431 g/mol. The Hall–Kier alpha value is -3.17. The molecule has 30 heavy (non-hydrogen) atoms. The molecule has 0 fully saturated rings. The fraction of sp³-hybridized carbons (Fsp3) is 0.100. The van der Waals surface area contributed by atoms with E-state index in [4.69, 9.17) is 11.6 Å². The average molecular weight is 447 g/mol. The summed E-state index contributed by atoms with van der Waals surface area (Å²) in [5.74, 6) is -1.04. The topological polar surface area (TPSA) is 108 Å². The molecule has 2 aromatic carbocycles. The summed E-state index contributed by atoms with van der Waals surface area (Å²) in [5, 5.41) is 0.984. The predicted molar refractivity (Wildman–Crippen MR) is 111 cm³/mol. The Balaban J connectivity index is 1.63. The first-order valence-electron chi connectivity index (χ1n) is 8.95. The van der Waals surface area contributed by atoms with Crippen LogP contribution in [0.1, 0.15) is 12.0 Å². The molecule has 0 unspecified atom stereocenters. The van der Waals surface area contributed by atoms with E-state index >= 15 is 0 Å². The summed E-state index contributed by atoms with van der Waals surface area (Å²) in [6.45, 7) is 0. The first-order valence-corrected chi connectivity index (χ1v) is 10.8. The predicted octanol–water partition coefficient (Wildman–Crippen LogP) is 3.79. The summed E-state index contributed by atoms with van der Waals surface area (Å²) in [6.07, 6.45) is 2.79. The van der Waals surface area contributed by atoms with Crippen molar-refractivity contribution >= 4 is 38.4 Å². The van der Waals surface area contributed by atoms with Gasteiger partial charge in [-0.1, -0.05) is 23.7 Å². The zero-order valence-electron chi connectivity index (χ0n) is 15.4. The van der Waals surface area contributed by atoms with Crippen molar-refractivity contribution in [3.8, 4) is 11.3 Å². The number of hydrogen-bond donors (Lipinski definition) is 3. The van der Waals surface area contributed by atoms with Gasteiger partial charge in [0, 0.05) is 29.9 Å². The van der Waals surface area contributed by atoms with Crippen LogP contribution < -0.4 is 4.72 Å². The number of halogens is 2. The molecule has 1 amide bonds. The quantitative estimate of drug-likeness (QED) is 0.418. The Morgan fingerprint density at radius 3 is 2.63 bits per heavy atom. The zero-order chi connectivity index (χ0) is 21.3. The summed E-state index contributed by atoms with van der Waals surface area (Å²) in [7, 11) is -4.06. The molecule has 0 aliphatic heterocycles. The molecule has 3 N–H and O–H groups in total. The summed E-state index contributed by atoms with van der Waals surface area (Å²) in [5.41, 5.74) is 2.89. The highest BCUT2D eigenvalue weighted by Gasteiger charge is 2.21. The van der Waals surface area contributed by atoms with E-state index in [-0.39, 0.29) is 23.8 Å². The number of amides is 1. The van der Waals surface area contributed by atoms with Crippen molar-refractivity contribution in [1.82, 2.24) is 19.7 Å². The maximum absolute atomic E-state index is 13.4. The first-order chi connectivity index (χ1) is 14.3. The van der Waals surface area contributed by atoms with Gasteiger partial charge in [-0.2, -0.15) is 8.42 Å². The van der Waals surface area contributed by atoms with Crippen LogP contribution in [-0.2, 0) is 21.2 Å². The molecule has 0 atom stereocenters. The summed E-state index contributed by atoms with van der Waals surface area (Å²) in [6, 6.07) is 11.3. The number of H-pyrrole nitrogens is 2. The van der Waals surface area contributed by atoms with E-state index in [2.05, 4.69) is 15.0 Å². The van der Waals surface area contributed by atoms with Crippen LogP contribution in [0.2, 0.25) is 5.02 Å². The molecule has 154 valence electrons. The molecular formula is C20H16ClFN4O3S. The molecule has 0 bridgehead atoms. The van der Waals surface area contributed by atoms with E-state index in [9.17, 15) is 17.6 Å². The number of hydrogen-bond acceptors (Lipinski definition) is 4. The molecule has 2 aromatic heterocycles. The lowest BCUT2D eigenvalue weighted by atomic mass is 10.0. The van der Waals surface area contributed by atoms with Crippen LogP contribution in [0, 0.1) is 5.82 Å². The number of para-hydroxylation sites is 1. The second kappa shape index (κ2) is 7.92. The van der Waals surface area contributed by atoms with Gasteiger partial charge in [0.25, 0.3) is 10.0 Å². The van der Waals surface area contributed by atoms with Crippen LogP contribution in [0.3, 0.4) is 0 Å². The summed E-state index contributed by atoms with van der Waals surface area (Å²) < 4.78 is 39.7. The largest absolute Gasteiger partial charge is 0.353 e. The van der Waals surface area contributed by atoms with Crippen LogP contribution in [0.4, 0.5) is 4.39 Å². The number of nitrogens with zero attached hydrogens (tertiary/aromatic N) is 1. The molecule has 4 aromatic rings. The SMILES string of the molecule is O=C(CCc1c(-c2ccc(F)cc2)[nH]c2c(Cl)cccc12)NS(=O)(=O)c1ncc[nH]1. The van der Waals surface area contributed by atoms with Crippen molar-refractivity contribution < 1.29 is 17.6 Å². The van der Waals surface area contributed by atoms with E-state index in [1.807, 2.05) is 10.8 Å². The van der Waals surface area contributed by atoms with Crippen molar-refractivity contribution in [1.29, 1.82) is 0 Å². The third-order valence-corrected chi connectivity index (χ3v) is 6.15. The number of benzene rings is 2. The highest BCUT2D eigenvalue weighted by atomic mass is 35.5. The van der Waals surface area contributed by atoms with Crippen LogP contribution in [-0.4, -0.2) is 29.3 Å². The van der Waals surface area contributed by atoms with Gasteiger partial charge in [0.05, 0.1) is 10.5 Å². The number of nitrogens with one attached hydrogen (secondary N) is 3. The number of carbonyl (C=O) groups excluding carboxylic acids is 1. The Labute approximate surface area is 176 Å². The van der Waals surface area contributed by atoms with Gasteiger partial charge in [0.2, 0.25) is 11.1 Å². The standard InChI is InChI=1S/C20H16ClFN4O3S/c21-16-3-1-2-14-15(18(25-19(14)16)12-4-6-13(22)7-5-12)8-9-17(27)26-30(28,29)20-23-10-11-24-20/h1-7,10-11,25H,8-9H2,(H,23,24)(H,26,27). The number of rotatable bonds is 6. The Kier molecular flexibility index (Phi) is 5.31. The molecule has 0 spiro atoms. The molecule has 0 radical (unpaired) electrons. The number of fused-ring (bicyclic) bond motifs is 1. The van der Waals surface area contributed by atoms with Crippen molar-refractivity contribution in [3.63, 3.8) is 0 Å². The normalized spacial score (nSPS) is 11.7. The van der Waals surface area contributed by atoms with Gasteiger partial charge in [0.1, 0.15) is 5.82 Å². The minimum absolute atomic E-state index is 0.0897. The Bertz CT molecular complexity index is 1320. The summed E-state index contributed by atoms with van der Waals surface area (Å²) >= 11 is 6.30. The smallest absolute Gasteiger partial charge is 0.297 e. The van der Waals surface area contributed by atoms with Crippen LogP contribution in [0.5, 0.6) is 0 Å². The van der Waals surface area contributed by atoms with E-state index in [0.717, 1.165) is 16.5 Å². The monoisotopic (exact) mass is 446 g/mol. The molecule has 4 rings (SSSR count). The second-order valence-electron chi connectivity index (χ2n) is 6.57. The number of aromatic nitrogens is 3.